The second kappa shape index (κ2) is 15.6. The zero-order valence-corrected chi connectivity index (χ0v) is 27.4. The van der Waals surface area contributed by atoms with Gasteiger partial charge in [0, 0.05) is 55.9 Å². The fourth-order valence-electron chi connectivity index (χ4n) is 5.69. The first-order chi connectivity index (χ1) is 21.3. The largest absolute Gasteiger partial charge is 0.480 e. The number of ether oxygens (including phenoxy) is 1. The molecule has 1 unspecified atom stereocenters. The lowest BCUT2D eigenvalue weighted by molar-refractivity contribution is -0.142. The number of aliphatic carboxylic acids is 1. The molecule has 3 saturated heterocycles. The second-order valence-corrected chi connectivity index (χ2v) is 14.4. The third-order valence-corrected chi connectivity index (χ3v) is 10.8. The minimum absolute atomic E-state index is 0.0632. The molecule has 3 N–H and O–H groups in total. The first-order valence-corrected chi connectivity index (χ1v) is 17.2. The molecule has 1 aromatic carbocycles. The number of amides is 4. The van der Waals surface area contributed by atoms with Gasteiger partial charge in [-0.25, -0.2) is 22.8 Å². The maximum Gasteiger partial charge on any atom is 0.409 e. The molecular formula is C28H40Cl2N6O8S. The van der Waals surface area contributed by atoms with Crippen molar-refractivity contribution in [1.82, 2.24) is 29.6 Å². The van der Waals surface area contributed by atoms with Crippen LogP contribution in [0.3, 0.4) is 0 Å². The van der Waals surface area contributed by atoms with E-state index in [0.29, 0.717) is 58.5 Å². The highest BCUT2D eigenvalue weighted by Crippen LogP contribution is 2.30. The van der Waals surface area contributed by atoms with Gasteiger partial charge in [-0.05, 0) is 63.3 Å². The summed E-state index contributed by atoms with van der Waals surface area (Å²) in [5, 5.41) is 14.9. The van der Waals surface area contributed by atoms with Crippen LogP contribution >= 0.6 is 23.2 Å². The number of likely N-dealkylation sites (N-methyl/N-ethyl adjacent to an activating group) is 1. The maximum atomic E-state index is 13.3. The minimum Gasteiger partial charge on any atom is -0.480 e. The Balaban J connectivity index is 1.21. The average molecular weight is 692 g/mol. The molecule has 0 aliphatic carbocycles. The van der Waals surface area contributed by atoms with E-state index in [0.717, 1.165) is 17.4 Å². The Bertz CT molecular complexity index is 1330. The van der Waals surface area contributed by atoms with E-state index < -0.39 is 40.0 Å². The van der Waals surface area contributed by atoms with Crippen LogP contribution < -0.4 is 10.6 Å². The van der Waals surface area contributed by atoms with Crippen molar-refractivity contribution in [2.24, 2.45) is 5.92 Å². The summed E-state index contributed by atoms with van der Waals surface area (Å²) in [6, 6.07) is 0.792. The number of rotatable bonds is 10. The molecule has 0 bridgehead atoms. The van der Waals surface area contributed by atoms with Gasteiger partial charge in [0.15, 0.2) is 0 Å². The number of hydrogen-bond acceptors (Lipinski definition) is 8. The van der Waals surface area contributed by atoms with E-state index in [1.54, 1.807) is 9.80 Å². The van der Waals surface area contributed by atoms with Crippen LogP contribution in [-0.2, 0) is 24.3 Å². The van der Waals surface area contributed by atoms with Gasteiger partial charge in [0.2, 0.25) is 15.9 Å². The standard InChI is InChI=1S/C28H40Cl2N6O8S/c1-33-10-12-35(13-11-33)28(41)44-14-6-19-4-8-34(9-5-19)27(40)31-18-23(26(38)39)32-25(37)24-3-2-7-36(24)45(42,43)22-16-20(29)15-21(30)17-22/h15-17,19,23-24H,2-14,18H2,1H3,(H,31,40)(H,32,37)(H,38,39)/t23?,24-/m0/s1. The number of nitrogens with zero attached hydrogens (tertiary/aromatic N) is 4. The van der Waals surface area contributed by atoms with Gasteiger partial charge in [0.1, 0.15) is 12.1 Å². The number of piperidine rings is 1. The van der Waals surface area contributed by atoms with Crippen LogP contribution in [0.2, 0.25) is 10.0 Å². The summed E-state index contributed by atoms with van der Waals surface area (Å²) >= 11 is 12.0. The molecule has 45 heavy (non-hydrogen) atoms. The van der Waals surface area contributed by atoms with Crippen molar-refractivity contribution in [2.45, 2.75) is 49.1 Å². The number of carbonyl (C=O) groups excluding carboxylic acids is 3. The summed E-state index contributed by atoms with van der Waals surface area (Å²) in [4.78, 5) is 55.4. The molecule has 4 rings (SSSR count). The lowest BCUT2D eigenvalue weighted by atomic mass is 9.94. The third kappa shape index (κ3) is 9.35. The number of nitrogens with one attached hydrogen (secondary N) is 2. The zero-order valence-electron chi connectivity index (χ0n) is 25.1. The number of sulfonamides is 1. The molecule has 3 heterocycles. The molecule has 0 radical (unpaired) electrons. The highest BCUT2D eigenvalue weighted by Gasteiger charge is 2.41. The summed E-state index contributed by atoms with van der Waals surface area (Å²) in [5.74, 6) is -1.86. The van der Waals surface area contributed by atoms with Gasteiger partial charge in [0.25, 0.3) is 0 Å². The molecule has 3 fully saturated rings. The van der Waals surface area contributed by atoms with Crippen LogP contribution in [0.25, 0.3) is 0 Å². The molecule has 4 amide bonds. The summed E-state index contributed by atoms with van der Waals surface area (Å²) in [6.07, 6.45) is 2.41. The molecule has 1 aromatic rings. The highest BCUT2D eigenvalue weighted by atomic mass is 35.5. The number of likely N-dealkylation sites (tertiary alicyclic amines) is 1. The van der Waals surface area contributed by atoms with Crippen LogP contribution in [0, 0.1) is 5.92 Å². The Morgan fingerprint density at radius 3 is 2.22 bits per heavy atom. The van der Waals surface area contributed by atoms with E-state index in [2.05, 4.69) is 15.5 Å². The molecule has 3 aliphatic heterocycles. The highest BCUT2D eigenvalue weighted by molar-refractivity contribution is 7.89. The summed E-state index contributed by atoms with van der Waals surface area (Å²) < 4.78 is 33.0. The van der Waals surface area contributed by atoms with Gasteiger partial charge in [-0.1, -0.05) is 23.2 Å². The van der Waals surface area contributed by atoms with E-state index in [4.69, 9.17) is 27.9 Å². The molecule has 0 saturated carbocycles. The number of urea groups is 1. The second-order valence-electron chi connectivity index (χ2n) is 11.6. The molecule has 17 heteroatoms. The van der Waals surface area contributed by atoms with Crippen molar-refractivity contribution in [3.05, 3.63) is 28.2 Å². The summed E-state index contributed by atoms with van der Waals surface area (Å²) in [5.41, 5.74) is 0. The third-order valence-electron chi connectivity index (χ3n) is 8.44. The number of halogens is 2. The molecule has 0 aromatic heterocycles. The average Bonchev–Trinajstić information content (AvgIpc) is 3.50. The van der Waals surface area contributed by atoms with Gasteiger partial charge in [0.05, 0.1) is 18.0 Å². The number of hydrogen-bond donors (Lipinski definition) is 3. The van der Waals surface area contributed by atoms with E-state index in [-0.39, 0.29) is 46.5 Å². The van der Waals surface area contributed by atoms with Gasteiger partial charge < -0.3 is 35.2 Å². The topological polar surface area (TPSA) is 169 Å². The van der Waals surface area contributed by atoms with Crippen LogP contribution in [0.15, 0.2) is 23.1 Å². The van der Waals surface area contributed by atoms with Gasteiger partial charge >= 0.3 is 18.1 Å². The monoisotopic (exact) mass is 690 g/mol. The SMILES string of the molecule is CN1CCN(C(=O)OCCC2CCN(C(=O)NCC(NC(=O)[C@@H]3CCCN3S(=O)(=O)c3cc(Cl)cc(Cl)c3)C(=O)O)CC2)CC1. The number of piperazine rings is 1. The number of benzene rings is 1. The van der Waals surface area contributed by atoms with Crippen molar-refractivity contribution < 1.29 is 37.4 Å². The fourth-order valence-corrected chi connectivity index (χ4v) is 8.07. The zero-order chi connectivity index (χ0) is 32.7. The molecule has 0 spiro atoms. The van der Waals surface area contributed by atoms with Crippen molar-refractivity contribution in [3.63, 3.8) is 0 Å². The van der Waals surface area contributed by atoms with E-state index >= 15 is 0 Å². The molecule has 2 atom stereocenters. The van der Waals surface area contributed by atoms with Crippen LogP contribution in [0.5, 0.6) is 0 Å². The predicted octanol–water partition coefficient (Wildman–Crippen LogP) is 1.91. The molecule has 250 valence electrons. The van der Waals surface area contributed by atoms with Crippen LogP contribution in [0.4, 0.5) is 9.59 Å². The first kappa shape index (κ1) is 35.0. The Morgan fingerprint density at radius 2 is 1.60 bits per heavy atom. The van der Waals surface area contributed by atoms with Crippen molar-refractivity contribution in [2.75, 3.05) is 66.0 Å². The minimum atomic E-state index is -4.14. The number of carbonyl (C=O) groups is 4. The predicted molar refractivity (Wildman–Crippen MR) is 166 cm³/mol. The molecule has 3 aliphatic rings. The number of carboxylic acids is 1. The van der Waals surface area contributed by atoms with Gasteiger partial charge in [-0.15, -0.1) is 0 Å². The Kier molecular flexibility index (Phi) is 12.2. The molecular weight excluding hydrogens is 651 g/mol. The smallest absolute Gasteiger partial charge is 0.409 e. The maximum absolute atomic E-state index is 13.3. The van der Waals surface area contributed by atoms with Crippen molar-refractivity contribution in [1.29, 1.82) is 0 Å². The van der Waals surface area contributed by atoms with Gasteiger partial charge in [-0.3, -0.25) is 4.79 Å². The lowest BCUT2D eigenvalue weighted by Crippen LogP contribution is -2.55. The Hall–Kier alpha value is -2.85. The van der Waals surface area contributed by atoms with E-state index in [1.807, 2.05) is 7.05 Å². The molecule has 14 nitrogen and oxygen atoms in total. The first-order valence-electron chi connectivity index (χ1n) is 15.0. The van der Waals surface area contributed by atoms with Crippen LogP contribution in [0.1, 0.15) is 32.1 Å². The summed E-state index contributed by atoms with van der Waals surface area (Å²) in [6.45, 7) is 3.84. The van der Waals surface area contributed by atoms with E-state index in [1.165, 1.54) is 18.2 Å². The van der Waals surface area contributed by atoms with Crippen molar-refractivity contribution in [3.8, 4) is 0 Å². The summed E-state index contributed by atoms with van der Waals surface area (Å²) in [7, 11) is -2.13. The van der Waals surface area contributed by atoms with Crippen LogP contribution in [-0.4, -0.2) is 135 Å². The normalized spacial score (nSPS) is 20.9. The van der Waals surface area contributed by atoms with E-state index in [9.17, 15) is 32.7 Å². The fraction of sp³-hybridized carbons (Fsp3) is 0.643. The quantitative estimate of drug-likeness (QED) is 0.332. The van der Waals surface area contributed by atoms with Gasteiger partial charge in [-0.2, -0.15) is 4.31 Å². The Morgan fingerprint density at radius 1 is 0.956 bits per heavy atom. The lowest BCUT2D eigenvalue weighted by Gasteiger charge is -2.33. The number of carboxylic acid groups (broad SMARTS) is 1. The Labute approximate surface area is 273 Å². The van der Waals surface area contributed by atoms with Crippen molar-refractivity contribution >= 4 is 57.2 Å².